The molecule has 154 valence electrons. The number of benzene rings is 3. The normalized spacial score (nSPS) is 15.6. The van der Waals surface area contributed by atoms with Crippen molar-refractivity contribution in [2.24, 2.45) is 0 Å². The van der Waals surface area contributed by atoms with Crippen LogP contribution in [0.4, 0.5) is 15.8 Å². The zero-order valence-electron chi connectivity index (χ0n) is 16.6. The summed E-state index contributed by atoms with van der Waals surface area (Å²) in [7, 11) is 0. The summed E-state index contributed by atoms with van der Waals surface area (Å²) in [5.41, 5.74) is 2.62. The molecule has 0 unspecified atom stereocenters. The number of carbonyl (C=O) groups excluding carboxylic acids is 1. The lowest BCUT2D eigenvalue weighted by Crippen LogP contribution is -3.16. The van der Waals surface area contributed by atoms with E-state index in [-0.39, 0.29) is 23.5 Å². The van der Waals surface area contributed by atoms with E-state index < -0.39 is 0 Å². The minimum absolute atomic E-state index is 0.0964. The number of quaternary nitrogens is 1. The third-order valence-corrected chi connectivity index (χ3v) is 5.54. The summed E-state index contributed by atoms with van der Waals surface area (Å²) in [4.78, 5) is 16.7. The molecule has 3 aromatic carbocycles. The van der Waals surface area contributed by atoms with E-state index in [1.807, 2.05) is 42.5 Å². The van der Waals surface area contributed by atoms with Crippen molar-refractivity contribution in [3.8, 4) is 5.75 Å². The molecule has 1 heterocycles. The van der Waals surface area contributed by atoms with E-state index in [1.54, 1.807) is 24.3 Å². The van der Waals surface area contributed by atoms with Gasteiger partial charge in [-0.05, 0) is 48.5 Å². The molecule has 5 nitrogen and oxygen atoms in total. The number of phenolic OH excluding ortho intramolecular Hbond substituents is 1. The van der Waals surface area contributed by atoms with Crippen LogP contribution in [0.3, 0.4) is 0 Å². The Kier molecular flexibility index (Phi) is 5.95. The van der Waals surface area contributed by atoms with Gasteiger partial charge < -0.3 is 20.2 Å². The predicted molar refractivity (Wildman–Crippen MR) is 115 cm³/mol. The van der Waals surface area contributed by atoms with Gasteiger partial charge in [-0.3, -0.25) is 4.79 Å². The van der Waals surface area contributed by atoms with Gasteiger partial charge in [0.1, 0.15) is 11.6 Å². The number of amides is 1. The Hall–Kier alpha value is -3.38. The van der Waals surface area contributed by atoms with E-state index >= 15 is 0 Å². The van der Waals surface area contributed by atoms with Crippen molar-refractivity contribution in [2.75, 3.05) is 36.4 Å². The van der Waals surface area contributed by atoms with Gasteiger partial charge in [-0.25, -0.2) is 4.39 Å². The van der Waals surface area contributed by atoms with E-state index in [1.165, 1.54) is 17.0 Å². The molecule has 0 radical (unpaired) electrons. The summed E-state index contributed by atoms with van der Waals surface area (Å²) in [5, 5.41) is 12.5. The fraction of sp³-hybridized carbons (Fsp3) is 0.208. The van der Waals surface area contributed by atoms with E-state index in [0.717, 1.165) is 37.4 Å². The van der Waals surface area contributed by atoms with Gasteiger partial charge in [-0.2, -0.15) is 0 Å². The molecule has 0 spiro atoms. The van der Waals surface area contributed by atoms with Gasteiger partial charge >= 0.3 is 0 Å². The third kappa shape index (κ3) is 4.60. The number of nitrogens with zero attached hydrogens (tertiary/aromatic N) is 1. The molecule has 0 aromatic heterocycles. The van der Waals surface area contributed by atoms with Crippen LogP contribution in [0.15, 0.2) is 78.9 Å². The summed E-state index contributed by atoms with van der Waals surface area (Å²) in [6.45, 7) is 3.23. The molecule has 6 heteroatoms. The van der Waals surface area contributed by atoms with Crippen molar-refractivity contribution < 1.29 is 19.2 Å². The first-order valence-corrected chi connectivity index (χ1v) is 10.1. The average molecular weight is 406 g/mol. The van der Waals surface area contributed by atoms with Crippen LogP contribution in [0.2, 0.25) is 0 Å². The Balaban J connectivity index is 1.50. The third-order valence-electron chi connectivity index (χ3n) is 5.54. The van der Waals surface area contributed by atoms with E-state index in [4.69, 9.17) is 0 Å². The van der Waals surface area contributed by atoms with Gasteiger partial charge in [0.05, 0.1) is 26.2 Å². The number of phenols is 1. The highest BCUT2D eigenvalue weighted by Crippen LogP contribution is 2.19. The van der Waals surface area contributed by atoms with E-state index in [2.05, 4.69) is 10.2 Å². The number of hydrogen-bond acceptors (Lipinski definition) is 3. The Bertz CT molecular complexity index is 970. The molecule has 1 saturated heterocycles. The first-order chi connectivity index (χ1) is 14.6. The van der Waals surface area contributed by atoms with Crippen molar-refractivity contribution in [1.82, 2.24) is 0 Å². The standard InChI is InChI=1S/C24H24FN3O2/c25-19-6-8-20(9-7-19)26-24(30)23(18-4-2-1-3-5-18)28-16-14-27(15-17-28)21-10-12-22(29)13-11-21/h1-13,23,29H,14-17H2,(H,26,30)/p+1/t23-/m1/s1. The minimum atomic E-state index is -0.349. The first-order valence-electron chi connectivity index (χ1n) is 10.1. The fourth-order valence-electron chi connectivity index (χ4n) is 3.97. The molecule has 30 heavy (non-hydrogen) atoms. The van der Waals surface area contributed by atoms with Gasteiger partial charge in [-0.1, -0.05) is 30.3 Å². The topological polar surface area (TPSA) is 57.0 Å². The van der Waals surface area contributed by atoms with Gasteiger partial charge in [0.2, 0.25) is 0 Å². The Morgan fingerprint density at radius 1 is 0.933 bits per heavy atom. The number of aromatic hydroxyl groups is 1. The number of nitrogens with one attached hydrogen (secondary N) is 2. The van der Waals surface area contributed by atoms with Crippen LogP contribution in [-0.2, 0) is 4.79 Å². The number of hydrogen-bond donors (Lipinski definition) is 3. The van der Waals surface area contributed by atoms with Crippen molar-refractivity contribution in [3.63, 3.8) is 0 Å². The van der Waals surface area contributed by atoms with Crippen LogP contribution < -0.4 is 15.1 Å². The summed E-state index contributed by atoms with van der Waals surface area (Å²) < 4.78 is 13.2. The fourth-order valence-corrected chi connectivity index (χ4v) is 3.97. The average Bonchev–Trinajstić information content (AvgIpc) is 2.77. The molecule has 0 saturated carbocycles. The zero-order chi connectivity index (χ0) is 20.9. The predicted octanol–water partition coefficient (Wildman–Crippen LogP) is 2.62. The second kappa shape index (κ2) is 8.97. The number of anilines is 2. The van der Waals surface area contributed by atoms with Crippen molar-refractivity contribution in [3.05, 3.63) is 90.2 Å². The highest BCUT2D eigenvalue weighted by Gasteiger charge is 2.34. The molecule has 4 rings (SSSR count). The quantitative estimate of drug-likeness (QED) is 0.611. The largest absolute Gasteiger partial charge is 0.508 e. The molecule has 1 amide bonds. The maximum atomic E-state index is 13.2. The second-order valence-electron chi connectivity index (χ2n) is 7.50. The lowest BCUT2D eigenvalue weighted by atomic mass is 10.0. The monoisotopic (exact) mass is 406 g/mol. The smallest absolute Gasteiger partial charge is 0.287 e. The molecule has 1 aliphatic rings. The summed E-state index contributed by atoms with van der Waals surface area (Å²) >= 11 is 0. The molecule has 0 bridgehead atoms. The van der Waals surface area contributed by atoms with Crippen molar-refractivity contribution in [1.29, 1.82) is 0 Å². The lowest BCUT2D eigenvalue weighted by Gasteiger charge is -2.37. The van der Waals surface area contributed by atoms with Crippen molar-refractivity contribution in [2.45, 2.75) is 6.04 Å². The van der Waals surface area contributed by atoms with Crippen LogP contribution in [0.1, 0.15) is 11.6 Å². The molecule has 3 aromatic rings. The van der Waals surface area contributed by atoms with Crippen LogP contribution in [0, 0.1) is 5.82 Å². The number of carbonyl (C=O) groups is 1. The second-order valence-corrected chi connectivity index (χ2v) is 7.50. The summed E-state index contributed by atoms with van der Waals surface area (Å²) in [6, 6.07) is 22.5. The Labute approximate surface area is 175 Å². The molecular weight excluding hydrogens is 381 g/mol. The molecular formula is C24H25FN3O2+. The van der Waals surface area contributed by atoms with E-state index in [9.17, 15) is 14.3 Å². The highest BCUT2D eigenvalue weighted by molar-refractivity contribution is 5.94. The van der Waals surface area contributed by atoms with Gasteiger partial charge in [0.25, 0.3) is 5.91 Å². The molecule has 3 N–H and O–H groups in total. The minimum Gasteiger partial charge on any atom is -0.508 e. The van der Waals surface area contributed by atoms with Crippen LogP contribution in [-0.4, -0.2) is 37.2 Å². The number of rotatable bonds is 5. The highest BCUT2D eigenvalue weighted by atomic mass is 19.1. The summed E-state index contributed by atoms with van der Waals surface area (Å²) in [6.07, 6.45) is 0. The van der Waals surface area contributed by atoms with E-state index in [0.29, 0.717) is 5.69 Å². The Morgan fingerprint density at radius 3 is 2.20 bits per heavy atom. The van der Waals surface area contributed by atoms with Crippen LogP contribution in [0.5, 0.6) is 5.75 Å². The van der Waals surface area contributed by atoms with Gasteiger partial charge in [-0.15, -0.1) is 0 Å². The number of halogens is 1. The van der Waals surface area contributed by atoms with Crippen molar-refractivity contribution >= 4 is 17.3 Å². The van der Waals surface area contributed by atoms with Crippen LogP contribution >= 0.6 is 0 Å². The van der Waals surface area contributed by atoms with Crippen LogP contribution in [0.25, 0.3) is 0 Å². The first kappa shape index (κ1) is 19.9. The SMILES string of the molecule is O=C(Nc1ccc(F)cc1)[C@@H](c1ccccc1)[NH+]1CCN(c2ccc(O)cc2)CC1. The molecule has 1 fully saturated rings. The maximum Gasteiger partial charge on any atom is 0.287 e. The van der Waals surface area contributed by atoms with Gasteiger partial charge in [0, 0.05) is 16.9 Å². The molecule has 0 aliphatic carbocycles. The maximum absolute atomic E-state index is 13.2. The Morgan fingerprint density at radius 2 is 1.57 bits per heavy atom. The number of piperazine rings is 1. The molecule has 1 atom stereocenters. The van der Waals surface area contributed by atoms with Gasteiger partial charge in [0.15, 0.2) is 6.04 Å². The molecule has 1 aliphatic heterocycles. The lowest BCUT2D eigenvalue weighted by molar-refractivity contribution is -0.922. The summed E-state index contributed by atoms with van der Waals surface area (Å²) in [5.74, 6) is -0.172. The zero-order valence-corrected chi connectivity index (χ0v) is 16.6.